The van der Waals surface area contributed by atoms with Crippen LogP contribution < -0.4 is 0 Å². The zero-order chi connectivity index (χ0) is 11.1. The fourth-order valence-corrected chi connectivity index (χ4v) is 1.53. The third kappa shape index (κ3) is 1.90. The number of nitrogens with zero attached hydrogens (tertiary/aromatic N) is 1. The van der Waals surface area contributed by atoms with E-state index in [1.54, 1.807) is 0 Å². The largest absolute Gasteiger partial charge is 0.417 e. The number of aromatic nitrogens is 1. The van der Waals surface area contributed by atoms with Gasteiger partial charge in [-0.1, -0.05) is 17.7 Å². The Bertz CT molecular complexity index is 507. The van der Waals surface area contributed by atoms with Crippen molar-refractivity contribution in [1.29, 1.82) is 0 Å². The first-order valence-corrected chi connectivity index (χ1v) is 4.48. The summed E-state index contributed by atoms with van der Waals surface area (Å²) < 4.78 is 37.7. The van der Waals surface area contributed by atoms with Crippen molar-refractivity contribution in [1.82, 2.24) is 4.98 Å². The highest BCUT2D eigenvalue weighted by atomic mass is 35.5. The molecule has 0 bridgehead atoms. The second-order valence-corrected chi connectivity index (χ2v) is 3.45. The molecule has 2 aromatic rings. The van der Waals surface area contributed by atoms with Crippen molar-refractivity contribution in [3.8, 4) is 0 Å². The average Bonchev–Trinajstić information content (AvgIpc) is 2.15. The van der Waals surface area contributed by atoms with E-state index < -0.39 is 11.7 Å². The number of benzene rings is 1. The molecule has 0 unspecified atom stereocenters. The minimum Gasteiger partial charge on any atom is -0.256 e. The van der Waals surface area contributed by atoms with E-state index >= 15 is 0 Å². The second-order valence-electron chi connectivity index (χ2n) is 3.02. The zero-order valence-corrected chi connectivity index (χ0v) is 8.10. The van der Waals surface area contributed by atoms with Crippen LogP contribution in [0.5, 0.6) is 0 Å². The highest BCUT2D eigenvalue weighted by Crippen LogP contribution is 2.34. The van der Waals surface area contributed by atoms with Gasteiger partial charge in [-0.05, 0) is 18.2 Å². The molecule has 1 heterocycles. The summed E-state index contributed by atoms with van der Waals surface area (Å²) in [6, 6.07) is 5.11. The van der Waals surface area contributed by atoms with Crippen molar-refractivity contribution < 1.29 is 13.2 Å². The SMILES string of the molecule is FC(F)(F)c1ccnc2cc(Cl)ccc12. The lowest BCUT2D eigenvalue weighted by Crippen LogP contribution is -2.05. The van der Waals surface area contributed by atoms with Crippen LogP contribution >= 0.6 is 11.6 Å². The molecule has 1 aromatic carbocycles. The van der Waals surface area contributed by atoms with Gasteiger partial charge in [-0.15, -0.1) is 0 Å². The molecular formula is C10H5ClF3N. The van der Waals surface area contributed by atoms with Crippen LogP contribution in [-0.2, 0) is 6.18 Å². The molecule has 78 valence electrons. The summed E-state index contributed by atoms with van der Waals surface area (Å²) in [4.78, 5) is 3.83. The van der Waals surface area contributed by atoms with Crippen molar-refractivity contribution in [2.75, 3.05) is 0 Å². The number of fused-ring (bicyclic) bond motifs is 1. The van der Waals surface area contributed by atoms with E-state index in [1.807, 2.05) is 0 Å². The fraction of sp³-hybridized carbons (Fsp3) is 0.100. The van der Waals surface area contributed by atoms with Crippen LogP contribution in [0.2, 0.25) is 5.02 Å². The molecule has 15 heavy (non-hydrogen) atoms. The lowest BCUT2D eigenvalue weighted by Gasteiger charge is -2.09. The van der Waals surface area contributed by atoms with Gasteiger partial charge >= 0.3 is 6.18 Å². The van der Waals surface area contributed by atoms with Crippen LogP contribution in [0, 0.1) is 0 Å². The smallest absolute Gasteiger partial charge is 0.256 e. The molecule has 0 aliphatic rings. The van der Waals surface area contributed by atoms with Gasteiger partial charge in [-0.25, -0.2) is 0 Å². The van der Waals surface area contributed by atoms with Gasteiger partial charge in [-0.2, -0.15) is 13.2 Å². The van der Waals surface area contributed by atoms with Gasteiger partial charge in [0.2, 0.25) is 0 Å². The number of pyridine rings is 1. The summed E-state index contributed by atoms with van der Waals surface area (Å²) in [7, 11) is 0. The van der Waals surface area contributed by atoms with Crippen LogP contribution in [-0.4, -0.2) is 4.98 Å². The number of halogens is 4. The average molecular weight is 232 g/mol. The first-order valence-electron chi connectivity index (χ1n) is 4.10. The maximum atomic E-state index is 12.6. The van der Waals surface area contributed by atoms with E-state index in [0.29, 0.717) is 5.02 Å². The monoisotopic (exact) mass is 231 g/mol. The minimum absolute atomic E-state index is 0.0643. The molecule has 1 aromatic heterocycles. The fourth-order valence-electron chi connectivity index (χ4n) is 1.37. The van der Waals surface area contributed by atoms with Crippen LogP contribution in [0.1, 0.15) is 5.56 Å². The Morgan fingerprint density at radius 2 is 1.87 bits per heavy atom. The Kier molecular flexibility index (Phi) is 2.31. The summed E-state index contributed by atoms with van der Waals surface area (Å²) in [5.41, 5.74) is -0.443. The Hall–Kier alpha value is -1.29. The molecule has 0 N–H and O–H groups in total. The normalized spacial score (nSPS) is 12.0. The molecule has 0 aliphatic carbocycles. The molecule has 0 amide bonds. The first-order chi connectivity index (χ1) is 6.98. The van der Waals surface area contributed by atoms with Gasteiger partial charge in [0.05, 0.1) is 11.1 Å². The maximum Gasteiger partial charge on any atom is 0.417 e. The summed E-state index contributed by atoms with van der Waals surface area (Å²) in [6.07, 6.45) is -3.24. The number of rotatable bonds is 0. The quantitative estimate of drug-likeness (QED) is 0.670. The Balaban J connectivity index is 2.77. The summed E-state index contributed by atoms with van der Waals surface area (Å²) in [6.45, 7) is 0. The highest BCUT2D eigenvalue weighted by molar-refractivity contribution is 6.31. The van der Waals surface area contributed by atoms with Gasteiger partial charge in [0.1, 0.15) is 0 Å². The molecule has 5 heteroatoms. The molecular weight excluding hydrogens is 227 g/mol. The molecule has 0 saturated heterocycles. The number of alkyl halides is 3. The van der Waals surface area contributed by atoms with Crippen LogP contribution in [0.4, 0.5) is 13.2 Å². The highest BCUT2D eigenvalue weighted by Gasteiger charge is 2.32. The zero-order valence-electron chi connectivity index (χ0n) is 7.35. The van der Waals surface area contributed by atoms with E-state index in [1.165, 1.54) is 18.2 Å². The van der Waals surface area contributed by atoms with Gasteiger partial charge in [0.15, 0.2) is 0 Å². The Morgan fingerprint density at radius 1 is 1.13 bits per heavy atom. The Labute approximate surface area is 88.5 Å². The first kappa shape index (κ1) is 10.2. The van der Waals surface area contributed by atoms with E-state index in [9.17, 15) is 13.2 Å². The maximum absolute atomic E-state index is 12.6. The second kappa shape index (κ2) is 3.38. The molecule has 2 rings (SSSR count). The molecule has 1 nitrogen and oxygen atoms in total. The van der Waals surface area contributed by atoms with Gasteiger partial charge in [-0.3, -0.25) is 4.98 Å². The van der Waals surface area contributed by atoms with Gasteiger partial charge in [0, 0.05) is 16.6 Å². The van der Waals surface area contributed by atoms with E-state index in [4.69, 9.17) is 11.6 Å². The molecule has 0 saturated carbocycles. The molecule has 0 fully saturated rings. The van der Waals surface area contributed by atoms with Crippen molar-refractivity contribution in [3.63, 3.8) is 0 Å². The summed E-state index contributed by atoms with van der Waals surface area (Å²) >= 11 is 5.66. The Morgan fingerprint density at radius 3 is 2.53 bits per heavy atom. The number of hydrogen-bond donors (Lipinski definition) is 0. The predicted octanol–water partition coefficient (Wildman–Crippen LogP) is 3.91. The summed E-state index contributed by atoms with van der Waals surface area (Å²) in [5.74, 6) is 0. The lowest BCUT2D eigenvalue weighted by atomic mass is 10.1. The van der Waals surface area contributed by atoms with Gasteiger partial charge in [0.25, 0.3) is 0 Å². The molecule has 0 atom stereocenters. The van der Waals surface area contributed by atoms with Crippen molar-refractivity contribution in [2.45, 2.75) is 6.18 Å². The standard InChI is InChI=1S/C10H5ClF3N/c11-6-1-2-7-8(10(12,13)14)3-4-15-9(7)5-6/h1-5H. The van der Waals surface area contributed by atoms with Crippen LogP contribution in [0.25, 0.3) is 10.9 Å². The lowest BCUT2D eigenvalue weighted by molar-refractivity contribution is -0.136. The van der Waals surface area contributed by atoms with Crippen molar-refractivity contribution in [3.05, 3.63) is 41.0 Å². The van der Waals surface area contributed by atoms with Crippen LogP contribution in [0.15, 0.2) is 30.5 Å². The topological polar surface area (TPSA) is 12.9 Å². The van der Waals surface area contributed by atoms with E-state index in [0.717, 1.165) is 12.3 Å². The number of hydrogen-bond acceptors (Lipinski definition) is 1. The van der Waals surface area contributed by atoms with Crippen molar-refractivity contribution >= 4 is 22.5 Å². The minimum atomic E-state index is -4.37. The predicted molar refractivity (Wildman–Crippen MR) is 51.8 cm³/mol. The van der Waals surface area contributed by atoms with Gasteiger partial charge < -0.3 is 0 Å². The molecule has 0 aliphatic heterocycles. The van der Waals surface area contributed by atoms with E-state index in [2.05, 4.69) is 4.98 Å². The van der Waals surface area contributed by atoms with E-state index in [-0.39, 0.29) is 10.9 Å². The third-order valence-corrected chi connectivity index (χ3v) is 2.25. The molecule has 0 radical (unpaired) electrons. The van der Waals surface area contributed by atoms with Crippen LogP contribution in [0.3, 0.4) is 0 Å². The summed E-state index contributed by atoms with van der Waals surface area (Å²) in [5, 5.41) is 0.434. The third-order valence-electron chi connectivity index (χ3n) is 2.01. The van der Waals surface area contributed by atoms with Crippen molar-refractivity contribution in [2.24, 2.45) is 0 Å². The molecule has 0 spiro atoms.